The molecule has 0 heterocycles. The van der Waals surface area contributed by atoms with E-state index in [4.69, 9.17) is 4.74 Å². The number of benzene rings is 2. The molecule has 0 spiro atoms. The van der Waals surface area contributed by atoms with Gasteiger partial charge in [-0.25, -0.2) is 0 Å². The summed E-state index contributed by atoms with van der Waals surface area (Å²) < 4.78 is 5.03. The van der Waals surface area contributed by atoms with Crippen molar-refractivity contribution in [1.29, 1.82) is 0 Å². The molecule has 0 aliphatic carbocycles. The normalized spacial score (nSPS) is 10.1. The van der Waals surface area contributed by atoms with Gasteiger partial charge in [-0.3, -0.25) is 20.2 Å². The standard InChI is InChI=1S/C13H10N2O5S/c1-20-10-3-5-11(6-4-10)21-13-7-2-9(14(16)17)8-12(13)15(18)19/h2-8H,1H3. The highest BCUT2D eigenvalue weighted by molar-refractivity contribution is 7.99. The van der Waals surface area contributed by atoms with Crippen molar-refractivity contribution in [3.05, 3.63) is 62.7 Å². The van der Waals surface area contributed by atoms with Gasteiger partial charge in [0.25, 0.3) is 11.4 Å². The fourth-order valence-electron chi connectivity index (χ4n) is 1.62. The van der Waals surface area contributed by atoms with Crippen LogP contribution < -0.4 is 4.74 Å². The van der Waals surface area contributed by atoms with Gasteiger partial charge in [-0.2, -0.15) is 0 Å². The Labute approximate surface area is 123 Å². The van der Waals surface area contributed by atoms with Gasteiger partial charge >= 0.3 is 0 Å². The highest BCUT2D eigenvalue weighted by Crippen LogP contribution is 2.37. The summed E-state index contributed by atoms with van der Waals surface area (Å²) in [6, 6.07) is 10.6. The summed E-state index contributed by atoms with van der Waals surface area (Å²) in [7, 11) is 1.54. The number of nitro groups is 2. The monoisotopic (exact) mass is 306 g/mol. The predicted molar refractivity (Wildman–Crippen MR) is 76.9 cm³/mol. The van der Waals surface area contributed by atoms with E-state index in [9.17, 15) is 20.2 Å². The molecule has 0 atom stereocenters. The van der Waals surface area contributed by atoms with Crippen molar-refractivity contribution in [3.8, 4) is 5.75 Å². The number of rotatable bonds is 5. The highest BCUT2D eigenvalue weighted by atomic mass is 32.2. The summed E-state index contributed by atoms with van der Waals surface area (Å²) in [6.07, 6.45) is 0. The van der Waals surface area contributed by atoms with E-state index in [0.29, 0.717) is 10.6 Å². The van der Waals surface area contributed by atoms with Crippen LogP contribution in [-0.2, 0) is 0 Å². The fraction of sp³-hybridized carbons (Fsp3) is 0.0769. The van der Waals surface area contributed by atoms with E-state index in [1.165, 1.54) is 12.1 Å². The topological polar surface area (TPSA) is 95.5 Å². The summed E-state index contributed by atoms with van der Waals surface area (Å²) in [5.74, 6) is 0.678. The van der Waals surface area contributed by atoms with Crippen LogP contribution in [0, 0.1) is 20.2 Å². The molecule has 0 fully saturated rings. The van der Waals surface area contributed by atoms with Crippen LogP contribution >= 0.6 is 11.8 Å². The summed E-state index contributed by atoms with van der Waals surface area (Å²) in [6.45, 7) is 0. The second kappa shape index (κ2) is 6.23. The summed E-state index contributed by atoms with van der Waals surface area (Å²) in [5.41, 5.74) is -0.592. The molecule has 0 aliphatic heterocycles. The minimum absolute atomic E-state index is 0.287. The van der Waals surface area contributed by atoms with Crippen molar-refractivity contribution in [2.24, 2.45) is 0 Å². The van der Waals surface area contributed by atoms with Gasteiger partial charge in [0, 0.05) is 11.0 Å². The Kier molecular flexibility index (Phi) is 4.39. The number of non-ortho nitro benzene ring substituents is 1. The lowest BCUT2D eigenvalue weighted by Gasteiger charge is -2.04. The van der Waals surface area contributed by atoms with Crippen molar-refractivity contribution in [1.82, 2.24) is 0 Å². The van der Waals surface area contributed by atoms with E-state index in [-0.39, 0.29) is 11.4 Å². The first-order chi connectivity index (χ1) is 10.0. The van der Waals surface area contributed by atoms with E-state index in [2.05, 4.69) is 0 Å². The van der Waals surface area contributed by atoms with Gasteiger partial charge < -0.3 is 4.74 Å². The molecule has 0 saturated heterocycles. The highest BCUT2D eigenvalue weighted by Gasteiger charge is 2.20. The minimum Gasteiger partial charge on any atom is -0.497 e. The lowest BCUT2D eigenvalue weighted by Crippen LogP contribution is -1.94. The first-order valence-corrected chi connectivity index (χ1v) is 6.57. The zero-order valence-corrected chi connectivity index (χ0v) is 11.7. The van der Waals surface area contributed by atoms with Crippen LogP contribution in [0.3, 0.4) is 0 Å². The summed E-state index contributed by atoms with van der Waals surface area (Å²) in [4.78, 5) is 21.5. The summed E-state index contributed by atoms with van der Waals surface area (Å²) in [5, 5.41) is 21.7. The summed E-state index contributed by atoms with van der Waals surface area (Å²) >= 11 is 1.16. The molecule has 0 saturated carbocycles. The molecule has 2 rings (SSSR count). The maximum Gasteiger partial charge on any atom is 0.290 e. The fourth-order valence-corrected chi connectivity index (χ4v) is 2.52. The molecule has 108 valence electrons. The van der Waals surface area contributed by atoms with E-state index >= 15 is 0 Å². The number of methoxy groups -OCH3 is 1. The van der Waals surface area contributed by atoms with Crippen LogP contribution in [0.5, 0.6) is 5.75 Å². The SMILES string of the molecule is COc1ccc(Sc2ccc([N+](=O)[O-])cc2[N+](=O)[O-])cc1. The molecule has 0 radical (unpaired) electrons. The van der Waals surface area contributed by atoms with Gasteiger partial charge in [-0.15, -0.1) is 0 Å². The third-order valence-corrected chi connectivity index (χ3v) is 3.71. The van der Waals surface area contributed by atoms with Gasteiger partial charge in [0.2, 0.25) is 0 Å². The molecule has 21 heavy (non-hydrogen) atoms. The Morgan fingerprint density at radius 1 is 1.00 bits per heavy atom. The molecule has 7 nitrogen and oxygen atoms in total. The second-order valence-electron chi connectivity index (χ2n) is 3.94. The molecule has 0 unspecified atom stereocenters. The van der Waals surface area contributed by atoms with E-state index in [1.807, 2.05) is 0 Å². The smallest absolute Gasteiger partial charge is 0.290 e. The molecule has 0 bridgehead atoms. The van der Waals surface area contributed by atoms with E-state index in [1.54, 1.807) is 31.4 Å². The molecule has 0 aromatic heterocycles. The Balaban J connectivity index is 2.34. The average molecular weight is 306 g/mol. The van der Waals surface area contributed by atoms with Crippen molar-refractivity contribution >= 4 is 23.1 Å². The van der Waals surface area contributed by atoms with Crippen molar-refractivity contribution in [3.63, 3.8) is 0 Å². The molecule has 0 aliphatic rings. The van der Waals surface area contributed by atoms with Gasteiger partial charge in [0.1, 0.15) is 5.75 Å². The van der Waals surface area contributed by atoms with Gasteiger partial charge in [0.15, 0.2) is 0 Å². The van der Waals surface area contributed by atoms with Crippen LogP contribution in [-0.4, -0.2) is 17.0 Å². The largest absolute Gasteiger partial charge is 0.497 e. The lowest BCUT2D eigenvalue weighted by atomic mass is 10.3. The number of hydrogen-bond donors (Lipinski definition) is 0. The number of nitro benzene ring substituents is 2. The number of hydrogen-bond acceptors (Lipinski definition) is 6. The van der Waals surface area contributed by atoms with Crippen molar-refractivity contribution < 1.29 is 14.6 Å². The molecule has 2 aromatic rings. The molecule has 0 N–H and O–H groups in total. The van der Waals surface area contributed by atoms with Crippen molar-refractivity contribution in [2.75, 3.05) is 7.11 Å². The zero-order chi connectivity index (χ0) is 15.4. The van der Waals surface area contributed by atoms with Gasteiger partial charge in [-0.05, 0) is 30.3 Å². The Bertz CT molecular complexity index is 687. The minimum atomic E-state index is -0.658. The third kappa shape index (κ3) is 3.48. The van der Waals surface area contributed by atoms with Crippen LogP contribution in [0.2, 0.25) is 0 Å². The van der Waals surface area contributed by atoms with Crippen LogP contribution in [0.15, 0.2) is 52.3 Å². The van der Waals surface area contributed by atoms with Crippen LogP contribution in [0.1, 0.15) is 0 Å². The first kappa shape index (κ1) is 14.8. The molecule has 8 heteroatoms. The van der Waals surface area contributed by atoms with E-state index in [0.717, 1.165) is 22.7 Å². The Morgan fingerprint density at radius 2 is 1.67 bits per heavy atom. The quantitative estimate of drug-likeness (QED) is 0.618. The Morgan fingerprint density at radius 3 is 2.19 bits per heavy atom. The second-order valence-corrected chi connectivity index (χ2v) is 5.06. The number of nitrogens with zero attached hydrogens (tertiary/aromatic N) is 2. The van der Waals surface area contributed by atoms with Gasteiger partial charge in [-0.1, -0.05) is 11.8 Å². The van der Waals surface area contributed by atoms with E-state index < -0.39 is 9.85 Å². The third-order valence-electron chi connectivity index (χ3n) is 2.64. The van der Waals surface area contributed by atoms with Gasteiger partial charge in [0.05, 0.1) is 27.9 Å². The molecule has 2 aromatic carbocycles. The Hall–Kier alpha value is -2.61. The van der Waals surface area contributed by atoms with Crippen LogP contribution in [0.4, 0.5) is 11.4 Å². The maximum absolute atomic E-state index is 11.0. The lowest BCUT2D eigenvalue weighted by molar-refractivity contribution is -0.396. The first-order valence-electron chi connectivity index (χ1n) is 5.76. The van der Waals surface area contributed by atoms with Crippen molar-refractivity contribution in [2.45, 2.75) is 9.79 Å². The number of ether oxygens (including phenoxy) is 1. The zero-order valence-electron chi connectivity index (χ0n) is 10.9. The molecular formula is C13H10N2O5S. The molecular weight excluding hydrogens is 296 g/mol. The average Bonchev–Trinajstić information content (AvgIpc) is 2.48. The van der Waals surface area contributed by atoms with Crippen LogP contribution in [0.25, 0.3) is 0 Å². The predicted octanol–water partition coefficient (Wildman–Crippen LogP) is 3.66. The maximum atomic E-state index is 11.0. The molecule has 0 amide bonds.